The Kier molecular flexibility index (Phi) is 12.9. The fourth-order valence-electron chi connectivity index (χ4n) is 5.78. The standard InChI is InChI=1S/C35H47N5O9/c1-5-24(12-13-36)47-18-21(2)38-32(43)22-6-8-25-26-9-7-23(33(44)39-35(3,4)20-46-15-14-37)17-28(26)29(27(25)16-22)19-48-34(45)49-40-30(41)10-11-31(40)42/h6-9,16-17,21,24,29H,5,10-15,18-20,36-37H2,1-4H3,(H,38,43)(H,39,44). The second kappa shape index (κ2) is 16.8. The van der Waals surface area contributed by atoms with Crippen molar-refractivity contribution in [3.8, 4) is 11.1 Å². The number of nitrogens with one attached hydrogen (secondary N) is 2. The molecule has 4 amide bonds. The molecule has 1 aliphatic heterocycles. The van der Waals surface area contributed by atoms with Crippen LogP contribution in [0.15, 0.2) is 36.4 Å². The van der Waals surface area contributed by atoms with Crippen LogP contribution in [0.3, 0.4) is 0 Å². The lowest BCUT2D eigenvalue weighted by Gasteiger charge is -2.26. The second-order valence-electron chi connectivity index (χ2n) is 12.9. The van der Waals surface area contributed by atoms with Crippen LogP contribution in [0.4, 0.5) is 4.79 Å². The highest BCUT2D eigenvalue weighted by atomic mass is 16.8. The molecule has 0 radical (unpaired) electrons. The molecule has 0 spiro atoms. The van der Waals surface area contributed by atoms with E-state index in [1.54, 1.807) is 24.3 Å². The Bertz CT molecular complexity index is 1530. The molecule has 0 bridgehead atoms. The first-order valence-corrected chi connectivity index (χ1v) is 16.6. The maximum atomic E-state index is 13.4. The summed E-state index contributed by atoms with van der Waals surface area (Å²) in [5.41, 5.74) is 14.2. The lowest BCUT2D eigenvalue weighted by atomic mass is 9.95. The monoisotopic (exact) mass is 681 g/mol. The Balaban J connectivity index is 1.56. The van der Waals surface area contributed by atoms with E-state index in [1.165, 1.54) is 0 Å². The maximum absolute atomic E-state index is 13.4. The van der Waals surface area contributed by atoms with E-state index in [4.69, 9.17) is 30.5 Å². The molecule has 1 heterocycles. The fraction of sp³-hybridized carbons (Fsp3) is 0.514. The average Bonchev–Trinajstić information content (AvgIpc) is 3.55. The van der Waals surface area contributed by atoms with Crippen LogP contribution in [-0.2, 0) is 28.6 Å². The van der Waals surface area contributed by atoms with Gasteiger partial charge >= 0.3 is 6.16 Å². The van der Waals surface area contributed by atoms with Crippen molar-refractivity contribution >= 4 is 29.8 Å². The average molecular weight is 682 g/mol. The van der Waals surface area contributed by atoms with Gasteiger partial charge in [0.1, 0.15) is 6.61 Å². The summed E-state index contributed by atoms with van der Waals surface area (Å²) in [6.45, 7) is 9.12. The van der Waals surface area contributed by atoms with Crippen LogP contribution in [0.5, 0.6) is 0 Å². The van der Waals surface area contributed by atoms with Gasteiger partial charge in [-0.05, 0) is 86.7 Å². The number of rotatable bonds is 17. The predicted octanol–water partition coefficient (Wildman–Crippen LogP) is 2.76. The number of imide groups is 1. The Morgan fingerprint density at radius 1 is 0.959 bits per heavy atom. The molecule has 1 saturated heterocycles. The smallest absolute Gasteiger partial charge is 0.432 e. The third kappa shape index (κ3) is 9.63. The van der Waals surface area contributed by atoms with Crippen LogP contribution >= 0.6 is 0 Å². The number of benzene rings is 2. The van der Waals surface area contributed by atoms with Crippen molar-refractivity contribution < 1.29 is 43.0 Å². The quantitative estimate of drug-likeness (QED) is 0.109. The SMILES string of the molecule is CCC(CCN)OCC(C)NC(=O)c1ccc2c(c1)C(COC(=O)ON1C(=O)CCC1=O)c1cc(C(=O)NC(C)(C)COCCN)ccc1-2. The zero-order valence-electron chi connectivity index (χ0n) is 28.5. The van der Waals surface area contributed by atoms with Gasteiger partial charge in [-0.2, -0.15) is 0 Å². The number of carbonyl (C=O) groups is 5. The lowest BCUT2D eigenvalue weighted by molar-refractivity contribution is -0.177. The summed E-state index contributed by atoms with van der Waals surface area (Å²) in [7, 11) is 0. The van der Waals surface area contributed by atoms with E-state index >= 15 is 0 Å². The first-order chi connectivity index (χ1) is 23.4. The molecule has 49 heavy (non-hydrogen) atoms. The van der Waals surface area contributed by atoms with Crippen molar-refractivity contribution in [2.24, 2.45) is 11.5 Å². The number of amides is 4. The van der Waals surface area contributed by atoms with E-state index in [0.29, 0.717) is 53.6 Å². The van der Waals surface area contributed by atoms with E-state index in [0.717, 1.165) is 24.0 Å². The van der Waals surface area contributed by atoms with Gasteiger partial charge < -0.3 is 36.3 Å². The molecule has 14 nitrogen and oxygen atoms in total. The molecule has 0 aromatic heterocycles. The number of carbonyl (C=O) groups excluding carboxylic acids is 5. The number of hydrogen-bond donors (Lipinski definition) is 4. The third-order valence-electron chi connectivity index (χ3n) is 8.29. The summed E-state index contributed by atoms with van der Waals surface area (Å²) in [6, 6.07) is 10.2. The third-order valence-corrected chi connectivity index (χ3v) is 8.29. The minimum absolute atomic E-state index is 0.0135. The summed E-state index contributed by atoms with van der Waals surface area (Å²) in [6.07, 6.45) is 0.218. The number of nitrogens with zero attached hydrogens (tertiary/aromatic N) is 1. The zero-order chi connectivity index (χ0) is 35.7. The van der Waals surface area contributed by atoms with Gasteiger partial charge in [0.15, 0.2) is 0 Å². The molecular formula is C35H47N5O9. The van der Waals surface area contributed by atoms with Crippen molar-refractivity contribution in [1.82, 2.24) is 15.7 Å². The number of ether oxygens (including phenoxy) is 3. The molecule has 3 unspecified atom stereocenters. The van der Waals surface area contributed by atoms with E-state index in [-0.39, 0.29) is 50.0 Å². The first kappa shape index (κ1) is 37.4. The molecule has 2 aliphatic rings. The predicted molar refractivity (Wildman–Crippen MR) is 179 cm³/mol. The highest BCUT2D eigenvalue weighted by Gasteiger charge is 2.36. The van der Waals surface area contributed by atoms with Crippen molar-refractivity contribution in [1.29, 1.82) is 0 Å². The van der Waals surface area contributed by atoms with Gasteiger partial charge in [-0.3, -0.25) is 24.0 Å². The highest BCUT2D eigenvalue weighted by molar-refractivity contribution is 6.01. The summed E-state index contributed by atoms with van der Waals surface area (Å²) < 4.78 is 16.9. The Hall–Kier alpha value is -4.37. The van der Waals surface area contributed by atoms with Crippen LogP contribution in [0.1, 0.15) is 91.1 Å². The van der Waals surface area contributed by atoms with Gasteiger partial charge in [0.05, 0.1) is 31.5 Å². The van der Waals surface area contributed by atoms with Crippen molar-refractivity contribution in [2.75, 3.05) is 39.5 Å². The lowest BCUT2D eigenvalue weighted by Crippen LogP contribution is -2.47. The maximum Gasteiger partial charge on any atom is 0.533 e. The topological polar surface area (TPSA) is 202 Å². The van der Waals surface area contributed by atoms with Crippen LogP contribution in [-0.4, -0.2) is 92.0 Å². The molecule has 6 N–H and O–H groups in total. The van der Waals surface area contributed by atoms with Gasteiger partial charge in [0.2, 0.25) is 0 Å². The molecule has 266 valence electrons. The van der Waals surface area contributed by atoms with E-state index < -0.39 is 29.4 Å². The summed E-state index contributed by atoms with van der Waals surface area (Å²) in [5.74, 6) is -2.52. The Labute approximate surface area is 286 Å². The largest absolute Gasteiger partial charge is 0.533 e. The number of fused-ring (bicyclic) bond motifs is 3. The zero-order valence-corrected chi connectivity index (χ0v) is 28.5. The molecule has 1 fully saturated rings. The van der Waals surface area contributed by atoms with Crippen LogP contribution in [0, 0.1) is 0 Å². The molecule has 0 saturated carbocycles. The second-order valence-corrected chi connectivity index (χ2v) is 12.9. The molecule has 1 aliphatic carbocycles. The molecule has 2 aromatic carbocycles. The van der Waals surface area contributed by atoms with Crippen molar-refractivity contribution in [3.05, 3.63) is 58.7 Å². The molecular weight excluding hydrogens is 634 g/mol. The molecule has 14 heteroatoms. The number of nitrogens with two attached hydrogens (primary N) is 2. The van der Waals surface area contributed by atoms with E-state index in [1.807, 2.05) is 39.8 Å². The molecule has 2 aromatic rings. The molecule has 4 rings (SSSR count). The minimum atomic E-state index is -1.23. The van der Waals surface area contributed by atoms with E-state index in [9.17, 15) is 24.0 Å². The van der Waals surface area contributed by atoms with Crippen molar-refractivity contribution in [2.45, 2.75) is 77.0 Å². The van der Waals surface area contributed by atoms with Gasteiger partial charge in [0, 0.05) is 42.5 Å². The Morgan fingerprint density at radius 3 is 2.14 bits per heavy atom. The Morgan fingerprint density at radius 2 is 1.57 bits per heavy atom. The minimum Gasteiger partial charge on any atom is -0.432 e. The van der Waals surface area contributed by atoms with Crippen LogP contribution in [0.2, 0.25) is 0 Å². The van der Waals surface area contributed by atoms with Crippen LogP contribution < -0.4 is 22.1 Å². The van der Waals surface area contributed by atoms with Gasteiger partial charge in [-0.25, -0.2) is 4.79 Å². The summed E-state index contributed by atoms with van der Waals surface area (Å²) >= 11 is 0. The highest BCUT2D eigenvalue weighted by Crippen LogP contribution is 2.45. The fourth-order valence-corrected chi connectivity index (χ4v) is 5.78. The molecule has 3 atom stereocenters. The van der Waals surface area contributed by atoms with E-state index in [2.05, 4.69) is 10.6 Å². The van der Waals surface area contributed by atoms with Gasteiger partial charge in [0.25, 0.3) is 23.6 Å². The number of hydroxylamine groups is 2. The summed E-state index contributed by atoms with van der Waals surface area (Å²) in [5, 5.41) is 6.36. The summed E-state index contributed by atoms with van der Waals surface area (Å²) in [4.78, 5) is 68.1. The number of hydrogen-bond acceptors (Lipinski definition) is 11. The normalized spacial score (nSPS) is 16.5. The van der Waals surface area contributed by atoms with Gasteiger partial charge in [-0.1, -0.05) is 24.1 Å². The van der Waals surface area contributed by atoms with Gasteiger partial charge in [-0.15, -0.1) is 0 Å². The van der Waals surface area contributed by atoms with Crippen molar-refractivity contribution in [3.63, 3.8) is 0 Å². The first-order valence-electron chi connectivity index (χ1n) is 16.6. The van der Waals surface area contributed by atoms with Crippen LogP contribution in [0.25, 0.3) is 11.1 Å².